The first kappa shape index (κ1) is 19.5. The molecule has 1 saturated heterocycles. The second-order valence-electron chi connectivity index (χ2n) is 7.98. The molecule has 2 aromatic rings. The number of nitrogens with one attached hydrogen (secondary N) is 2. The minimum Gasteiger partial charge on any atom is -0.497 e. The van der Waals surface area contributed by atoms with E-state index in [4.69, 9.17) is 4.74 Å². The number of likely N-dealkylation sites (tertiary alicyclic amines) is 1. The molecule has 0 radical (unpaired) electrons. The number of hydrogen-bond acceptors (Lipinski definition) is 4. The van der Waals surface area contributed by atoms with E-state index in [1.165, 1.54) is 0 Å². The number of benzene rings is 1. The second-order valence-corrected chi connectivity index (χ2v) is 7.98. The van der Waals surface area contributed by atoms with Gasteiger partial charge in [0.05, 0.1) is 24.7 Å². The lowest BCUT2D eigenvalue weighted by Gasteiger charge is -2.34. The number of aromatic amines is 1. The van der Waals surface area contributed by atoms with Crippen LogP contribution in [0.1, 0.15) is 60.5 Å². The number of aromatic nitrogens is 2. The Morgan fingerprint density at radius 1 is 1.14 bits per heavy atom. The number of carbonyl (C=O) groups excluding carboxylic acids is 2. The molecule has 2 aliphatic rings. The predicted molar refractivity (Wildman–Crippen MR) is 110 cm³/mol. The summed E-state index contributed by atoms with van der Waals surface area (Å²) in [6.07, 6.45) is 7.95. The Bertz CT molecular complexity index is 855. The molecule has 4 rings (SSSR count). The van der Waals surface area contributed by atoms with E-state index in [0.717, 1.165) is 50.8 Å². The fraction of sp³-hybridized carbons (Fsp3) is 0.500. The number of methoxy groups -OCH3 is 1. The lowest BCUT2D eigenvalue weighted by molar-refractivity contribution is -0.136. The average molecular weight is 396 g/mol. The number of anilines is 1. The summed E-state index contributed by atoms with van der Waals surface area (Å²) >= 11 is 0. The molecular weight excluding hydrogens is 368 g/mol. The molecule has 0 spiro atoms. The van der Waals surface area contributed by atoms with Gasteiger partial charge in [0.15, 0.2) is 0 Å². The summed E-state index contributed by atoms with van der Waals surface area (Å²) in [5.41, 5.74) is 2.14. The average Bonchev–Trinajstić information content (AvgIpc) is 3.46. The molecule has 2 heterocycles. The molecule has 1 unspecified atom stereocenters. The van der Waals surface area contributed by atoms with Crippen molar-refractivity contribution in [1.82, 2.24) is 15.1 Å². The molecule has 7 heteroatoms. The van der Waals surface area contributed by atoms with Crippen LogP contribution in [0.3, 0.4) is 0 Å². The van der Waals surface area contributed by atoms with Crippen LogP contribution in [0.2, 0.25) is 0 Å². The monoisotopic (exact) mass is 396 g/mol. The van der Waals surface area contributed by atoms with Gasteiger partial charge in [-0.15, -0.1) is 0 Å². The van der Waals surface area contributed by atoms with Gasteiger partial charge in [-0.05, 0) is 49.9 Å². The minimum absolute atomic E-state index is 0.155. The van der Waals surface area contributed by atoms with Gasteiger partial charge in [-0.2, -0.15) is 5.10 Å². The Kier molecular flexibility index (Phi) is 5.83. The lowest BCUT2D eigenvalue weighted by Crippen LogP contribution is -2.42. The van der Waals surface area contributed by atoms with Gasteiger partial charge in [-0.1, -0.05) is 12.8 Å². The highest BCUT2D eigenvalue weighted by molar-refractivity contribution is 6.04. The van der Waals surface area contributed by atoms with E-state index in [9.17, 15) is 9.59 Å². The summed E-state index contributed by atoms with van der Waals surface area (Å²) in [6, 6.07) is 6.99. The molecule has 1 aliphatic heterocycles. The van der Waals surface area contributed by atoms with Crippen molar-refractivity contribution in [3.63, 3.8) is 0 Å². The van der Waals surface area contributed by atoms with Gasteiger partial charge in [-0.3, -0.25) is 14.7 Å². The van der Waals surface area contributed by atoms with Gasteiger partial charge in [0.25, 0.3) is 5.91 Å². The maximum Gasteiger partial charge on any atom is 0.255 e. The molecule has 2 N–H and O–H groups in total. The quantitative estimate of drug-likeness (QED) is 0.809. The number of piperidine rings is 1. The first-order chi connectivity index (χ1) is 14.2. The van der Waals surface area contributed by atoms with Crippen LogP contribution in [-0.4, -0.2) is 47.1 Å². The zero-order chi connectivity index (χ0) is 20.2. The molecule has 1 saturated carbocycles. The Morgan fingerprint density at radius 3 is 2.62 bits per heavy atom. The largest absolute Gasteiger partial charge is 0.497 e. The standard InChI is InChI=1S/C22H28N4O3/c1-29-18-10-8-15(9-11-18)21(27)24-19-13-23-25-20(19)17-7-4-12-26(14-17)22(28)16-5-2-3-6-16/h8-11,13,16-17H,2-7,12,14H2,1H3,(H,23,25)(H,24,27). The van der Waals surface area contributed by atoms with E-state index >= 15 is 0 Å². The Labute approximate surface area is 170 Å². The fourth-order valence-corrected chi connectivity index (χ4v) is 4.49. The van der Waals surface area contributed by atoms with Gasteiger partial charge < -0.3 is 15.0 Å². The first-order valence-electron chi connectivity index (χ1n) is 10.4. The number of amides is 2. The summed E-state index contributed by atoms with van der Waals surface area (Å²) in [4.78, 5) is 27.5. The highest BCUT2D eigenvalue weighted by atomic mass is 16.5. The van der Waals surface area contributed by atoms with Crippen molar-refractivity contribution in [2.24, 2.45) is 5.92 Å². The third-order valence-electron chi connectivity index (χ3n) is 6.11. The Morgan fingerprint density at radius 2 is 1.90 bits per heavy atom. The van der Waals surface area contributed by atoms with Crippen molar-refractivity contribution in [2.45, 2.75) is 44.4 Å². The molecule has 7 nitrogen and oxygen atoms in total. The number of ether oxygens (including phenoxy) is 1. The number of carbonyl (C=O) groups is 2. The van der Waals surface area contributed by atoms with Crippen LogP contribution in [0.15, 0.2) is 30.5 Å². The van der Waals surface area contributed by atoms with E-state index in [0.29, 0.717) is 29.5 Å². The van der Waals surface area contributed by atoms with Gasteiger partial charge in [0.1, 0.15) is 5.75 Å². The van der Waals surface area contributed by atoms with Crippen molar-refractivity contribution in [3.05, 3.63) is 41.7 Å². The van der Waals surface area contributed by atoms with E-state index in [1.807, 2.05) is 4.90 Å². The summed E-state index contributed by atoms with van der Waals surface area (Å²) in [5, 5.41) is 10.2. The molecule has 1 aromatic heterocycles. The highest BCUT2D eigenvalue weighted by Gasteiger charge is 2.32. The summed E-state index contributed by atoms with van der Waals surface area (Å²) in [7, 11) is 1.59. The van der Waals surface area contributed by atoms with Gasteiger partial charge in [-0.25, -0.2) is 0 Å². The SMILES string of the molecule is COc1ccc(C(=O)Nc2cn[nH]c2C2CCCN(C(=O)C3CCCC3)C2)cc1. The van der Waals surface area contributed by atoms with Gasteiger partial charge >= 0.3 is 0 Å². The Hall–Kier alpha value is -2.83. The fourth-order valence-electron chi connectivity index (χ4n) is 4.49. The van der Waals surface area contributed by atoms with Crippen LogP contribution < -0.4 is 10.1 Å². The predicted octanol–water partition coefficient (Wildman–Crippen LogP) is 3.57. The van der Waals surface area contributed by atoms with Crippen molar-refractivity contribution in [1.29, 1.82) is 0 Å². The highest BCUT2D eigenvalue weighted by Crippen LogP contribution is 2.33. The van der Waals surface area contributed by atoms with E-state index in [1.54, 1.807) is 37.6 Å². The molecular formula is C22H28N4O3. The van der Waals surface area contributed by atoms with Gasteiger partial charge in [0.2, 0.25) is 5.91 Å². The number of hydrogen-bond donors (Lipinski definition) is 2. The van der Waals surface area contributed by atoms with E-state index in [-0.39, 0.29) is 17.7 Å². The molecule has 2 fully saturated rings. The molecule has 154 valence electrons. The van der Waals surface area contributed by atoms with Crippen LogP contribution in [0.5, 0.6) is 5.75 Å². The second kappa shape index (κ2) is 8.68. The van der Waals surface area contributed by atoms with Crippen molar-refractivity contribution in [3.8, 4) is 5.75 Å². The third-order valence-corrected chi connectivity index (χ3v) is 6.11. The van der Waals surface area contributed by atoms with Crippen molar-refractivity contribution < 1.29 is 14.3 Å². The summed E-state index contributed by atoms with van der Waals surface area (Å²) in [5.74, 6) is 1.17. The first-order valence-corrected chi connectivity index (χ1v) is 10.4. The minimum atomic E-state index is -0.190. The topological polar surface area (TPSA) is 87.3 Å². The molecule has 1 aliphatic carbocycles. The third kappa shape index (κ3) is 4.28. The van der Waals surface area contributed by atoms with Crippen LogP contribution in [0.4, 0.5) is 5.69 Å². The zero-order valence-corrected chi connectivity index (χ0v) is 16.8. The smallest absolute Gasteiger partial charge is 0.255 e. The molecule has 1 aromatic carbocycles. The number of nitrogens with zero attached hydrogens (tertiary/aromatic N) is 2. The van der Waals surface area contributed by atoms with Crippen molar-refractivity contribution in [2.75, 3.05) is 25.5 Å². The number of rotatable bonds is 5. The van der Waals surface area contributed by atoms with Crippen LogP contribution >= 0.6 is 0 Å². The molecule has 1 atom stereocenters. The Balaban J connectivity index is 1.43. The normalized spacial score (nSPS) is 19.9. The summed E-state index contributed by atoms with van der Waals surface area (Å²) < 4.78 is 5.14. The van der Waals surface area contributed by atoms with Crippen LogP contribution in [-0.2, 0) is 4.79 Å². The number of H-pyrrole nitrogens is 1. The van der Waals surface area contributed by atoms with Crippen LogP contribution in [0.25, 0.3) is 0 Å². The molecule has 29 heavy (non-hydrogen) atoms. The lowest BCUT2D eigenvalue weighted by atomic mass is 9.92. The van der Waals surface area contributed by atoms with Crippen LogP contribution in [0, 0.1) is 5.92 Å². The van der Waals surface area contributed by atoms with Gasteiger partial charge in [0, 0.05) is 30.5 Å². The zero-order valence-electron chi connectivity index (χ0n) is 16.8. The van der Waals surface area contributed by atoms with Crippen molar-refractivity contribution >= 4 is 17.5 Å². The van der Waals surface area contributed by atoms with E-state index in [2.05, 4.69) is 15.5 Å². The summed E-state index contributed by atoms with van der Waals surface area (Å²) in [6.45, 7) is 1.51. The maximum absolute atomic E-state index is 12.8. The molecule has 2 amide bonds. The van der Waals surface area contributed by atoms with E-state index < -0.39 is 0 Å². The maximum atomic E-state index is 12.8. The molecule has 0 bridgehead atoms.